The summed E-state index contributed by atoms with van der Waals surface area (Å²) in [5.41, 5.74) is 2.35. The number of methoxy groups -OCH3 is 1. The number of pyridine rings is 1. The molecule has 2 heterocycles. The van der Waals surface area contributed by atoms with Gasteiger partial charge in [0.05, 0.1) is 12.8 Å². The minimum atomic E-state index is -1.15. The first kappa shape index (κ1) is 18.6. The molecule has 0 N–H and O–H groups in total. The molecule has 0 amide bonds. The lowest BCUT2D eigenvalue weighted by Crippen LogP contribution is -2.22. The molecular formula is C20H25FN2O2Si. The van der Waals surface area contributed by atoms with E-state index in [1.165, 1.54) is 12.1 Å². The number of fused-ring (bicyclic) bond motifs is 1. The van der Waals surface area contributed by atoms with E-state index in [0.717, 1.165) is 22.8 Å². The van der Waals surface area contributed by atoms with Gasteiger partial charge < -0.3 is 14.0 Å². The Bertz CT molecular complexity index is 902. The Morgan fingerprint density at radius 1 is 1.15 bits per heavy atom. The van der Waals surface area contributed by atoms with Crippen LogP contribution in [0.2, 0.25) is 25.7 Å². The van der Waals surface area contributed by atoms with Crippen molar-refractivity contribution in [1.29, 1.82) is 0 Å². The zero-order valence-electron chi connectivity index (χ0n) is 15.8. The van der Waals surface area contributed by atoms with Crippen molar-refractivity contribution >= 4 is 19.1 Å². The second-order valence-corrected chi connectivity index (χ2v) is 13.2. The third-order valence-electron chi connectivity index (χ3n) is 4.31. The fourth-order valence-corrected chi connectivity index (χ4v) is 3.61. The van der Waals surface area contributed by atoms with Gasteiger partial charge in [-0.15, -0.1) is 0 Å². The average Bonchev–Trinajstić information content (AvgIpc) is 2.96. The summed E-state index contributed by atoms with van der Waals surface area (Å²) in [6.07, 6.45) is 1.76. The molecule has 1 aromatic carbocycles. The molecule has 0 aliphatic rings. The van der Waals surface area contributed by atoms with E-state index >= 15 is 0 Å². The molecule has 0 bridgehead atoms. The lowest BCUT2D eigenvalue weighted by atomic mass is 10.1. The minimum Gasteiger partial charge on any atom is -0.496 e. The first-order valence-electron chi connectivity index (χ1n) is 8.75. The Labute approximate surface area is 154 Å². The van der Waals surface area contributed by atoms with E-state index in [1.807, 2.05) is 22.8 Å². The highest BCUT2D eigenvalue weighted by molar-refractivity contribution is 6.76. The molecule has 0 saturated carbocycles. The van der Waals surface area contributed by atoms with Gasteiger partial charge in [0, 0.05) is 31.8 Å². The number of nitrogens with zero attached hydrogens (tertiary/aromatic N) is 2. The highest BCUT2D eigenvalue weighted by Crippen LogP contribution is 2.34. The van der Waals surface area contributed by atoms with Gasteiger partial charge in [-0.3, -0.25) is 0 Å². The van der Waals surface area contributed by atoms with Crippen molar-refractivity contribution in [3.8, 4) is 17.0 Å². The summed E-state index contributed by atoms with van der Waals surface area (Å²) < 4.78 is 27.3. The predicted octanol–water partition coefficient (Wildman–Crippen LogP) is 5.16. The number of hydrogen-bond donors (Lipinski definition) is 0. The summed E-state index contributed by atoms with van der Waals surface area (Å²) in [6.45, 7) is 8.06. The summed E-state index contributed by atoms with van der Waals surface area (Å²) in [7, 11) is 0.438. The van der Waals surface area contributed by atoms with Crippen LogP contribution in [0.3, 0.4) is 0 Å². The van der Waals surface area contributed by atoms with E-state index < -0.39 is 8.07 Å². The third kappa shape index (κ3) is 4.13. The molecule has 3 rings (SSSR count). The SMILES string of the molecule is COc1ccc(F)cc1-c1cc2cccnc2n1COCC[Si](C)(C)C. The Morgan fingerprint density at radius 2 is 1.96 bits per heavy atom. The molecule has 138 valence electrons. The summed E-state index contributed by atoms with van der Waals surface area (Å²) in [5, 5.41) is 0.989. The fraction of sp³-hybridized carbons (Fsp3) is 0.350. The van der Waals surface area contributed by atoms with Crippen LogP contribution in [-0.2, 0) is 11.5 Å². The van der Waals surface area contributed by atoms with Crippen LogP contribution in [0.5, 0.6) is 5.75 Å². The van der Waals surface area contributed by atoms with Crippen LogP contribution in [0.25, 0.3) is 22.3 Å². The molecule has 0 unspecified atom stereocenters. The first-order valence-corrected chi connectivity index (χ1v) is 12.5. The second-order valence-electron chi connectivity index (χ2n) is 7.57. The Balaban J connectivity index is 1.99. The maximum atomic E-state index is 13.9. The fourth-order valence-electron chi connectivity index (χ4n) is 2.86. The largest absolute Gasteiger partial charge is 0.496 e. The van der Waals surface area contributed by atoms with Crippen LogP contribution in [-0.4, -0.2) is 31.3 Å². The van der Waals surface area contributed by atoms with Gasteiger partial charge in [0.1, 0.15) is 23.9 Å². The van der Waals surface area contributed by atoms with E-state index in [2.05, 4.69) is 24.6 Å². The number of aromatic nitrogens is 2. The molecular weight excluding hydrogens is 347 g/mol. The summed E-state index contributed by atoms with van der Waals surface area (Å²) >= 11 is 0. The van der Waals surface area contributed by atoms with Crippen molar-refractivity contribution in [1.82, 2.24) is 9.55 Å². The van der Waals surface area contributed by atoms with Gasteiger partial charge in [-0.25, -0.2) is 9.37 Å². The Hall–Kier alpha value is -2.18. The van der Waals surface area contributed by atoms with Crippen LogP contribution in [0, 0.1) is 5.82 Å². The lowest BCUT2D eigenvalue weighted by molar-refractivity contribution is 0.0909. The standard InChI is InChI=1S/C20H25FN2O2Si/c1-24-19-8-7-16(21)13-17(19)18-12-15-6-5-9-22-20(15)23(18)14-25-10-11-26(2,3)4/h5-9,12-13H,10-11,14H2,1-4H3. The maximum Gasteiger partial charge on any atom is 0.142 e. The predicted molar refractivity (Wildman–Crippen MR) is 106 cm³/mol. The van der Waals surface area contributed by atoms with Crippen molar-refractivity contribution in [2.24, 2.45) is 0 Å². The molecule has 3 aromatic rings. The van der Waals surface area contributed by atoms with Gasteiger partial charge in [-0.1, -0.05) is 19.6 Å². The Kier molecular flexibility index (Phi) is 5.43. The highest BCUT2D eigenvalue weighted by atomic mass is 28.3. The van der Waals surface area contributed by atoms with Crippen molar-refractivity contribution in [3.63, 3.8) is 0 Å². The normalized spacial score (nSPS) is 11.9. The summed E-state index contributed by atoms with van der Waals surface area (Å²) in [5.74, 6) is 0.322. The summed E-state index contributed by atoms with van der Waals surface area (Å²) in [6, 6.07) is 11.5. The van der Waals surface area contributed by atoms with Crippen LogP contribution < -0.4 is 4.74 Å². The first-order chi connectivity index (χ1) is 12.4. The van der Waals surface area contributed by atoms with Crippen LogP contribution in [0.15, 0.2) is 42.6 Å². The number of halogens is 1. The van der Waals surface area contributed by atoms with Crippen LogP contribution >= 0.6 is 0 Å². The van der Waals surface area contributed by atoms with Gasteiger partial charge in [-0.05, 0) is 42.4 Å². The molecule has 2 aromatic heterocycles. The van der Waals surface area contributed by atoms with Gasteiger partial charge in [0.25, 0.3) is 0 Å². The van der Waals surface area contributed by atoms with Gasteiger partial charge in [-0.2, -0.15) is 0 Å². The third-order valence-corrected chi connectivity index (χ3v) is 6.01. The van der Waals surface area contributed by atoms with Crippen LogP contribution in [0.4, 0.5) is 4.39 Å². The maximum absolute atomic E-state index is 13.9. The molecule has 6 heteroatoms. The van der Waals surface area contributed by atoms with E-state index in [-0.39, 0.29) is 5.82 Å². The van der Waals surface area contributed by atoms with E-state index in [0.29, 0.717) is 24.7 Å². The molecule has 0 radical (unpaired) electrons. The van der Waals surface area contributed by atoms with Gasteiger partial charge >= 0.3 is 0 Å². The topological polar surface area (TPSA) is 36.3 Å². The van der Waals surface area contributed by atoms with E-state index in [4.69, 9.17) is 9.47 Å². The average molecular weight is 373 g/mol. The quantitative estimate of drug-likeness (QED) is 0.424. The molecule has 0 spiro atoms. The number of rotatable bonds is 7. The number of benzene rings is 1. The zero-order valence-corrected chi connectivity index (χ0v) is 16.8. The van der Waals surface area contributed by atoms with Crippen molar-refractivity contribution < 1.29 is 13.9 Å². The van der Waals surface area contributed by atoms with Crippen molar-refractivity contribution in [3.05, 3.63) is 48.4 Å². The number of ether oxygens (including phenoxy) is 2. The minimum absolute atomic E-state index is 0.301. The Morgan fingerprint density at radius 3 is 2.69 bits per heavy atom. The summed E-state index contributed by atoms with van der Waals surface area (Å²) in [4.78, 5) is 4.49. The van der Waals surface area contributed by atoms with Gasteiger partial charge in [0.2, 0.25) is 0 Å². The monoisotopic (exact) mass is 372 g/mol. The molecule has 0 aliphatic carbocycles. The van der Waals surface area contributed by atoms with E-state index in [9.17, 15) is 4.39 Å². The molecule has 4 nitrogen and oxygen atoms in total. The molecule has 26 heavy (non-hydrogen) atoms. The lowest BCUT2D eigenvalue weighted by Gasteiger charge is -2.17. The van der Waals surface area contributed by atoms with Crippen molar-refractivity contribution in [2.75, 3.05) is 13.7 Å². The molecule has 0 fully saturated rings. The van der Waals surface area contributed by atoms with E-state index in [1.54, 1.807) is 19.4 Å². The van der Waals surface area contributed by atoms with Crippen molar-refractivity contribution in [2.45, 2.75) is 32.4 Å². The van der Waals surface area contributed by atoms with Gasteiger partial charge in [0.15, 0.2) is 0 Å². The highest BCUT2D eigenvalue weighted by Gasteiger charge is 2.17. The molecule has 0 atom stereocenters. The van der Waals surface area contributed by atoms with Crippen LogP contribution in [0.1, 0.15) is 0 Å². The zero-order chi connectivity index (χ0) is 18.7. The molecule has 0 aliphatic heterocycles. The number of hydrogen-bond acceptors (Lipinski definition) is 3. The second kappa shape index (κ2) is 7.59. The molecule has 0 saturated heterocycles. The smallest absolute Gasteiger partial charge is 0.142 e.